The highest BCUT2D eigenvalue weighted by molar-refractivity contribution is 6.15. The van der Waals surface area contributed by atoms with Crippen molar-refractivity contribution in [2.45, 2.75) is 0 Å². The molecule has 0 spiro atoms. The summed E-state index contributed by atoms with van der Waals surface area (Å²) in [6, 6.07) is 83.1. The second kappa shape index (κ2) is 26.0. The van der Waals surface area contributed by atoms with Gasteiger partial charge in [0.2, 0.25) is 0 Å². The smallest absolute Gasteiger partial charge is 0.197 e. The lowest BCUT2D eigenvalue weighted by atomic mass is 9.93. The fourth-order valence-electron chi connectivity index (χ4n) is 13.9. The minimum Gasteiger partial charge on any atom is -0.309 e. The molecule has 104 heavy (non-hydrogen) atoms. The number of aromatic nitrogens is 4. The number of hydrogen-bond acceptors (Lipinski definition) is 8. The average Bonchev–Trinajstić information content (AvgIpc) is 1.57. The predicted molar refractivity (Wildman–Crippen MR) is 400 cm³/mol. The summed E-state index contributed by atoms with van der Waals surface area (Å²) in [5.41, 5.74) is 14.2. The monoisotopic (exact) mass is 1320 g/mol. The van der Waals surface area contributed by atoms with Crippen LogP contribution in [0.15, 0.2) is 231 Å². The number of nitriles is 6. The zero-order valence-electron chi connectivity index (χ0n) is 54.1. The molecule has 0 N–H and O–H groups in total. The highest BCUT2D eigenvalue weighted by Crippen LogP contribution is 2.48. The minimum atomic E-state index is 0.101. The van der Waals surface area contributed by atoms with Gasteiger partial charge in [-0.25, -0.2) is 39.0 Å². The Labute approximate surface area is 594 Å². The molecular formula is C88H38N16. The van der Waals surface area contributed by atoms with Gasteiger partial charge in [0.25, 0.3) is 0 Å². The standard InChI is InChI=1S/C88H38N16/c1-95-65-32-61(47-91)84(62(33-65)48-92)55-20-25-80-70(37-55)71-38-57(86-63(49-93)34-66(96-2)42-77(86)99-5)21-26-81(71)103(80)68-19-13-18-54(36-68)69-41-59(88-101-74(52-14-9-7-10-15-52)44-75(102-88)53-16-11-8-12-17-53)24-29-79(69)104-82-27-22-56(85-60(46-90)30-51(45-89)31-76(85)98-4)39-72(82)73-40-58(23-28-83(73)104)87-64(50-94)35-67(97-3)43-78(87)100-6/h7-44H. The van der Waals surface area contributed by atoms with Crippen molar-refractivity contribution in [1.82, 2.24) is 19.1 Å². The van der Waals surface area contributed by atoms with Gasteiger partial charge in [-0.3, -0.25) is 0 Å². The third-order valence-corrected chi connectivity index (χ3v) is 18.4. The van der Waals surface area contributed by atoms with Gasteiger partial charge in [0.05, 0.1) is 132 Å². The molecule has 0 saturated heterocycles. The molecule has 0 unspecified atom stereocenters. The molecule has 0 fully saturated rings. The Kier molecular flexibility index (Phi) is 15.8. The van der Waals surface area contributed by atoms with Crippen LogP contribution in [0.25, 0.3) is 174 Å². The van der Waals surface area contributed by atoms with Gasteiger partial charge < -0.3 is 9.13 Å². The van der Waals surface area contributed by atoms with Crippen molar-refractivity contribution < 1.29 is 0 Å². The van der Waals surface area contributed by atoms with Crippen molar-refractivity contribution in [3.05, 3.63) is 332 Å². The zero-order valence-corrected chi connectivity index (χ0v) is 54.1. The molecule has 3 aromatic heterocycles. The van der Waals surface area contributed by atoms with Gasteiger partial charge in [0.15, 0.2) is 39.9 Å². The molecule has 470 valence electrons. The Morgan fingerprint density at radius 3 is 1.10 bits per heavy atom. The highest BCUT2D eigenvalue weighted by atomic mass is 15.0. The van der Waals surface area contributed by atoms with E-state index in [1.54, 1.807) is 0 Å². The van der Waals surface area contributed by atoms with Crippen LogP contribution in [0.3, 0.4) is 0 Å². The van der Waals surface area contributed by atoms with Crippen molar-refractivity contribution >= 4 is 77.7 Å². The number of fused-ring (bicyclic) bond motifs is 6. The average molecular weight is 1320 g/mol. The predicted octanol–water partition coefficient (Wildman–Crippen LogP) is 22.5. The van der Waals surface area contributed by atoms with Gasteiger partial charge in [-0.15, -0.1) is 0 Å². The Morgan fingerprint density at radius 2 is 0.673 bits per heavy atom. The Bertz CT molecular complexity index is 6390. The maximum atomic E-state index is 10.6. The SMILES string of the molecule is [C-]#[N+]c1cc(C#N)c(-c2ccc3c(c2)c2cc(-c4c(C#N)cc([N+]#[C-])cc4[N+]#[C-])ccc2n3-c2cccc(-c3cc(-c4nc(-c5ccccc5)cc(-c5ccccc5)n4)ccc3-n3c4ccc(-c5c(C#N)cc(C#N)cc5[N+]#[C-])cc4c4cc(-c5c(C#N)cc([N+]#[C-])cc5[N+]#[C-])ccc43)c2)c(C#N)c1. The molecule has 12 aromatic carbocycles. The molecule has 16 nitrogen and oxygen atoms in total. The summed E-state index contributed by atoms with van der Waals surface area (Å²) in [6.45, 7) is 48.1. The minimum absolute atomic E-state index is 0.101. The van der Waals surface area contributed by atoms with Crippen molar-refractivity contribution in [2.75, 3.05) is 0 Å². The Morgan fingerprint density at radius 1 is 0.288 bits per heavy atom. The van der Waals surface area contributed by atoms with Gasteiger partial charge in [0, 0.05) is 88.4 Å². The molecule has 0 aliphatic heterocycles. The van der Waals surface area contributed by atoms with Crippen LogP contribution in [-0.2, 0) is 0 Å². The van der Waals surface area contributed by atoms with Crippen molar-refractivity contribution in [3.63, 3.8) is 0 Å². The number of hydrogen-bond donors (Lipinski definition) is 0. The van der Waals surface area contributed by atoms with Gasteiger partial charge in [-0.2, -0.15) is 31.6 Å². The molecule has 0 amide bonds. The van der Waals surface area contributed by atoms with Gasteiger partial charge in [-0.05, 0) is 149 Å². The highest BCUT2D eigenvalue weighted by Gasteiger charge is 2.26. The molecule has 0 bridgehead atoms. The molecule has 3 heterocycles. The van der Waals surface area contributed by atoms with E-state index in [0.29, 0.717) is 133 Å². The molecule has 16 heteroatoms. The molecule has 0 saturated carbocycles. The first-order valence-electron chi connectivity index (χ1n) is 31.8. The van der Waals surface area contributed by atoms with Gasteiger partial charge in [-0.1, -0.05) is 109 Å². The quantitative estimate of drug-likeness (QED) is 0.120. The number of rotatable bonds is 10. The fraction of sp³-hybridized carbons (Fsp3) is 0. The Balaban J connectivity index is 1.02. The van der Waals surface area contributed by atoms with Crippen LogP contribution < -0.4 is 0 Å². The zero-order chi connectivity index (χ0) is 71.9. The molecule has 15 aromatic rings. The third kappa shape index (κ3) is 10.6. The molecular weight excluding hydrogens is 1280 g/mol. The first kappa shape index (κ1) is 63.3. The van der Waals surface area contributed by atoms with E-state index >= 15 is 0 Å². The van der Waals surface area contributed by atoms with Crippen molar-refractivity contribution in [1.29, 1.82) is 31.6 Å². The summed E-state index contributed by atoms with van der Waals surface area (Å²) in [4.78, 5) is 32.6. The maximum absolute atomic E-state index is 10.6. The molecule has 0 aliphatic carbocycles. The van der Waals surface area contributed by atoms with Crippen molar-refractivity contribution in [3.8, 4) is 137 Å². The molecule has 0 aliphatic rings. The molecule has 0 radical (unpaired) electrons. The normalized spacial score (nSPS) is 10.6. The summed E-state index contributed by atoms with van der Waals surface area (Å²) in [7, 11) is 0. The summed E-state index contributed by atoms with van der Waals surface area (Å²) < 4.78 is 4.20. The number of benzene rings is 12. The summed E-state index contributed by atoms with van der Waals surface area (Å²) in [5.74, 6) is 0.423. The molecule has 0 atom stereocenters. The summed E-state index contributed by atoms with van der Waals surface area (Å²) >= 11 is 0. The van der Waals surface area contributed by atoms with Crippen LogP contribution in [0.4, 0.5) is 34.1 Å². The van der Waals surface area contributed by atoms with E-state index < -0.39 is 0 Å². The third-order valence-electron chi connectivity index (χ3n) is 18.4. The van der Waals surface area contributed by atoms with Crippen molar-refractivity contribution in [2.24, 2.45) is 0 Å². The first-order chi connectivity index (χ1) is 51.0. The van der Waals surface area contributed by atoms with Crippen LogP contribution >= 0.6 is 0 Å². The lowest BCUT2D eigenvalue weighted by Gasteiger charge is -2.18. The van der Waals surface area contributed by atoms with E-state index in [2.05, 4.69) is 86.8 Å². The number of nitrogens with zero attached hydrogens (tertiary/aromatic N) is 16. The van der Waals surface area contributed by atoms with Crippen LogP contribution in [0.2, 0.25) is 0 Å². The first-order valence-corrected chi connectivity index (χ1v) is 31.8. The second-order valence-corrected chi connectivity index (χ2v) is 24.0. The largest absolute Gasteiger partial charge is 0.309 e. The summed E-state index contributed by atoms with van der Waals surface area (Å²) in [5, 5.41) is 65.6. The molecule has 15 rings (SSSR count). The van der Waals surface area contributed by atoms with E-state index in [0.717, 1.165) is 11.1 Å². The maximum Gasteiger partial charge on any atom is 0.197 e. The topological polar surface area (TPSA) is 205 Å². The van der Waals surface area contributed by atoms with Gasteiger partial charge in [0.1, 0.15) is 0 Å². The second-order valence-electron chi connectivity index (χ2n) is 24.0. The van der Waals surface area contributed by atoms with Gasteiger partial charge >= 0.3 is 0 Å². The lowest BCUT2D eigenvalue weighted by molar-refractivity contribution is 1.16. The van der Waals surface area contributed by atoms with Crippen LogP contribution in [0.5, 0.6) is 0 Å². The fourth-order valence-corrected chi connectivity index (χ4v) is 13.9. The van der Waals surface area contributed by atoms with E-state index in [4.69, 9.17) is 49.4 Å². The van der Waals surface area contributed by atoms with E-state index in [9.17, 15) is 31.6 Å². The van der Waals surface area contributed by atoms with E-state index in [-0.39, 0.29) is 67.5 Å². The van der Waals surface area contributed by atoms with Crippen LogP contribution in [-0.4, -0.2) is 19.1 Å². The lowest BCUT2D eigenvalue weighted by Crippen LogP contribution is -2.01. The Hall–Kier alpha value is -16.8. The van der Waals surface area contributed by atoms with E-state index in [1.807, 2.05) is 170 Å². The van der Waals surface area contributed by atoms with Crippen LogP contribution in [0, 0.1) is 107 Å². The van der Waals surface area contributed by atoms with E-state index in [1.165, 1.54) is 48.5 Å². The summed E-state index contributed by atoms with van der Waals surface area (Å²) in [6.07, 6.45) is 0. The van der Waals surface area contributed by atoms with Crippen LogP contribution in [0.1, 0.15) is 33.4 Å².